The highest BCUT2D eigenvalue weighted by Crippen LogP contribution is 2.28. The molecular formula is C25H31N5O2. The van der Waals surface area contributed by atoms with E-state index >= 15 is 0 Å². The first-order chi connectivity index (χ1) is 15.5. The van der Waals surface area contributed by atoms with E-state index in [0.717, 1.165) is 31.8 Å². The molecule has 2 aromatic carbocycles. The molecule has 1 saturated heterocycles. The Morgan fingerprint density at radius 3 is 2.19 bits per heavy atom. The summed E-state index contributed by atoms with van der Waals surface area (Å²) in [5, 5.41) is 0. The smallest absolute Gasteiger partial charge is 0.328 e. The minimum Gasteiger partial charge on any atom is -0.344 e. The van der Waals surface area contributed by atoms with Gasteiger partial charge in [0.05, 0.1) is 6.54 Å². The quantitative estimate of drug-likeness (QED) is 0.642. The van der Waals surface area contributed by atoms with Crippen molar-refractivity contribution in [1.82, 2.24) is 19.6 Å². The molecule has 2 aliphatic heterocycles. The van der Waals surface area contributed by atoms with E-state index in [9.17, 15) is 9.59 Å². The third-order valence-corrected chi connectivity index (χ3v) is 6.21. The zero-order valence-electron chi connectivity index (χ0n) is 19.0. The molecule has 7 heteroatoms. The molecule has 0 saturated carbocycles. The van der Waals surface area contributed by atoms with Crippen LogP contribution in [0.2, 0.25) is 0 Å². The highest BCUT2D eigenvalue weighted by atomic mass is 16.2. The second-order valence-corrected chi connectivity index (χ2v) is 8.63. The molecule has 0 aromatic heterocycles. The van der Waals surface area contributed by atoms with Crippen molar-refractivity contribution in [2.24, 2.45) is 4.99 Å². The second kappa shape index (κ2) is 9.53. The molecule has 0 aliphatic carbocycles. The van der Waals surface area contributed by atoms with E-state index in [1.165, 1.54) is 16.0 Å². The SMILES string of the molecule is CN(CC1=NC2C(C(=O)N(C)C(=O)N2C)N1CCCc1ccccc1)Cc1ccccc1. The lowest BCUT2D eigenvalue weighted by molar-refractivity contribution is -0.136. The fourth-order valence-electron chi connectivity index (χ4n) is 4.51. The van der Waals surface area contributed by atoms with Crippen LogP contribution in [-0.2, 0) is 17.8 Å². The number of urea groups is 1. The van der Waals surface area contributed by atoms with Gasteiger partial charge in [-0.25, -0.2) is 9.79 Å². The molecular weight excluding hydrogens is 402 g/mol. The number of aliphatic imine (C=N–C) groups is 1. The van der Waals surface area contributed by atoms with Crippen LogP contribution in [0.5, 0.6) is 0 Å². The van der Waals surface area contributed by atoms with E-state index in [1.54, 1.807) is 19.0 Å². The van der Waals surface area contributed by atoms with Gasteiger partial charge in [-0.3, -0.25) is 14.6 Å². The molecule has 0 radical (unpaired) electrons. The highest BCUT2D eigenvalue weighted by Gasteiger charge is 2.50. The number of imide groups is 1. The predicted molar refractivity (Wildman–Crippen MR) is 125 cm³/mol. The number of benzene rings is 2. The van der Waals surface area contributed by atoms with E-state index in [1.807, 2.05) is 36.4 Å². The highest BCUT2D eigenvalue weighted by molar-refractivity contribution is 6.04. The third-order valence-electron chi connectivity index (χ3n) is 6.21. The van der Waals surface area contributed by atoms with Crippen LogP contribution in [0.4, 0.5) is 4.79 Å². The van der Waals surface area contributed by atoms with Gasteiger partial charge in [-0.1, -0.05) is 60.7 Å². The van der Waals surface area contributed by atoms with E-state index in [0.29, 0.717) is 6.54 Å². The van der Waals surface area contributed by atoms with Crippen molar-refractivity contribution in [2.45, 2.75) is 31.6 Å². The second-order valence-electron chi connectivity index (χ2n) is 8.63. The van der Waals surface area contributed by atoms with Crippen molar-refractivity contribution in [3.05, 3.63) is 71.8 Å². The summed E-state index contributed by atoms with van der Waals surface area (Å²) in [6, 6.07) is 19.9. The summed E-state index contributed by atoms with van der Waals surface area (Å²) in [5.41, 5.74) is 2.51. The van der Waals surface area contributed by atoms with Crippen molar-refractivity contribution in [3.8, 4) is 0 Å². The van der Waals surface area contributed by atoms with Crippen LogP contribution in [0.25, 0.3) is 0 Å². The van der Waals surface area contributed by atoms with Gasteiger partial charge in [0.25, 0.3) is 5.91 Å². The summed E-state index contributed by atoms with van der Waals surface area (Å²) in [7, 11) is 5.34. The normalized spacial score (nSPS) is 20.8. The Balaban J connectivity index is 1.51. The maximum Gasteiger partial charge on any atom is 0.328 e. The Hall–Kier alpha value is -3.19. The van der Waals surface area contributed by atoms with Crippen molar-refractivity contribution < 1.29 is 9.59 Å². The molecule has 2 heterocycles. The minimum atomic E-state index is -0.469. The summed E-state index contributed by atoms with van der Waals surface area (Å²) in [5.74, 6) is 0.692. The Morgan fingerprint density at radius 2 is 1.53 bits per heavy atom. The van der Waals surface area contributed by atoms with Crippen LogP contribution in [0.15, 0.2) is 65.7 Å². The largest absolute Gasteiger partial charge is 0.344 e. The van der Waals surface area contributed by atoms with Crippen LogP contribution in [0.3, 0.4) is 0 Å². The molecule has 0 spiro atoms. The standard InChI is InChI=1S/C25H31N5O2/c1-27(17-20-13-8-5-9-14-20)18-21-26-23-22(24(31)29(3)25(32)28(23)2)30(21)16-10-15-19-11-6-4-7-12-19/h4-9,11-14,22-23H,10,15-18H2,1-3H3. The summed E-state index contributed by atoms with van der Waals surface area (Å²) < 4.78 is 0. The Kier molecular flexibility index (Phi) is 6.55. The van der Waals surface area contributed by atoms with Gasteiger partial charge >= 0.3 is 6.03 Å². The monoisotopic (exact) mass is 433 g/mol. The maximum absolute atomic E-state index is 13.1. The Labute approximate surface area is 189 Å². The number of amidine groups is 1. The number of amides is 3. The lowest BCUT2D eigenvalue weighted by Gasteiger charge is -2.40. The number of likely N-dealkylation sites (N-methyl/N-ethyl adjacent to an activating group) is 3. The Bertz CT molecular complexity index is 978. The number of fused-ring (bicyclic) bond motifs is 1. The number of nitrogens with zero attached hydrogens (tertiary/aromatic N) is 5. The zero-order chi connectivity index (χ0) is 22.7. The molecule has 2 aromatic rings. The molecule has 2 aliphatic rings. The number of rotatable bonds is 8. The fourth-order valence-corrected chi connectivity index (χ4v) is 4.51. The molecule has 0 bridgehead atoms. The van der Waals surface area contributed by atoms with Crippen LogP contribution in [0.1, 0.15) is 17.5 Å². The number of hydrogen-bond donors (Lipinski definition) is 0. The molecule has 2 unspecified atom stereocenters. The Morgan fingerprint density at radius 1 is 0.906 bits per heavy atom. The molecule has 1 fully saturated rings. The van der Waals surface area contributed by atoms with Crippen LogP contribution in [0, 0.1) is 0 Å². The van der Waals surface area contributed by atoms with Gasteiger partial charge in [0, 0.05) is 27.2 Å². The molecule has 0 N–H and O–H groups in total. The average Bonchev–Trinajstić information content (AvgIpc) is 3.15. The van der Waals surface area contributed by atoms with Crippen molar-refractivity contribution in [2.75, 3.05) is 34.2 Å². The fraction of sp³-hybridized carbons (Fsp3) is 0.400. The summed E-state index contributed by atoms with van der Waals surface area (Å²) in [4.78, 5) is 37.6. The van der Waals surface area contributed by atoms with E-state index in [4.69, 9.17) is 4.99 Å². The number of aryl methyl sites for hydroxylation is 1. The third kappa shape index (κ3) is 4.53. The topological polar surface area (TPSA) is 59.5 Å². The molecule has 4 rings (SSSR count). The molecule has 32 heavy (non-hydrogen) atoms. The maximum atomic E-state index is 13.1. The van der Waals surface area contributed by atoms with Crippen molar-refractivity contribution in [1.29, 1.82) is 0 Å². The summed E-state index contributed by atoms with van der Waals surface area (Å²) in [6.45, 7) is 2.12. The number of carbonyl (C=O) groups excluding carboxylic acids is 2. The van der Waals surface area contributed by atoms with Gasteiger partial charge in [0.1, 0.15) is 5.84 Å². The first kappa shape index (κ1) is 22.0. The summed E-state index contributed by atoms with van der Waals surface area (Å²) >= 11 is 0. The van der Waals surface area contributed by atoms with Gasteiger partial charge in [-0.2, -0.15) is 0 Å². The van der Waals surface area contributed by atoms with Gasteiger partial charge < -0.3 is 9.80 Å². The number of carbonyl (C=O) groups is 2. The first-order valence-corrected chi connectivity index (χ1v) is 11.1. The van der Waals surface area contributed by atoms with E-state index < -0.39 is 12.2 Å². The zero-order valence-corrected chi connectivity index (χ0v) is 19.0. The van der Waals surface area contributed by atoms with Crippen LogP contribution >= 0.6 is 0 Å². The van der Waals surface area contributed by atoms with Crippen LogP contribution in [-0.4, -0.2) is 83.8 Å². The molecule has 3 amide bonds. The van der Waals surface area contributed by atoms with Crippen molar-refractivity contribution >= 4 is 17.8 Å². The average molecular weight is 434 g/mol. The van der Waals surface area contributed by atoms with Gasteiger partial charge in [-0.15, -0.1) is 0 Å². The summed E-state index contributed by atoms with van der Waals surface area (Å²) in [6.07, 6.45) is 1.37. The lowest BCUT2D eigenvalue weighted by atomic mass is 10.1. The molecule has 7 nitrogen and oxygen atoms in total. The minimum absolute atomic E-state index is 0.178. The van der Waals surface area contributed by atoms with Gasteiger partial charge in [0.15, 0.2) is 12.2 Å². The van der Waals surface area contributed by atoms with E-state index in [2.05, 4.69) is 41.1 Å². The number of hydrogen-bond acceptors (Lipinski definition) is 5. The van der Waals surface area contributed by atoms with Crippen molar-refractivity contribution in [3.63, 3.8) is 0 Å². The first-order valence-electron chi connectivity index (χ1n) is 11.1. The van der Waals surface area contributed by atoms with Gasteiger partial charge in [-0.05, 0) is 31.0 Å². The van der Waals surface area contributed by atoms with Gasteiger partial charge in [0.2, 0.25) is 0 Å². The molecule has 168 valence electrons. The lowest BCUT2D eigenvalue weighted by Crippen LogP contribution is -2.64. The van der Waals surface area contributed by atoms with Crippen LogP contribution < -0.4 is 0 Å². The van der Waals surface area contributed by atoms with E-state index in [-0.39, 0.29) is 11.9 Å². The predicted octanol–water partition coefficient (Wildman–Crippen LogP) is 2.68. The molecule has 2 atom stereocenters.